The lowest BCUT2D eigenvalue weighted by Gasteiger charge is -2.27. The molecule has 74 valence electrons. The molecular weight excluding hydrogens is 186 g/mol. The first-order valence-electron chi connectivity index (χ1n) is 4.46. The van der Waals surface area contributed by atoms with Crippen molar-refractivity contribution in [1.29, 1.82) is 0 Å². The predicted molar refractivity (Wildman–Crippen MR) is 54.3 cm³/mol. The molecule has 0 saturated carbocycles. The van der Waals surface area contributed by atoms with Gasteiger partial charge in [0, 0.05) is 0 Å². The highest BCUT2D eigenvalue weighted by Crippen LogP contribution is 2.40. The van der Waals surface area contributed by atoms with Gasteiger partial charge in [-0.15, -0.1) is 11.8 Å². The van der Waals surface area contributed by atoms with E-state index in [1.807, 2.05) is 0 Å². The summed E-state index contributed by atoms with van der Waals surface area (Å²) in [6.45, 7) is 2.08. The summed E-state index contributed by atoms with van der Waals surface area (Å²) in [6, 6.07) is 0. The number of hydrogen-bond acceptors (Lipinski definition) is 3. The van der Waals surface area contributed by atoms with Crippen LogP contribution in [0.2, 0.25) is 0 Å². The summed E-state index contributed by atoms with van der Waals surface area (Å²) < 4.78 is 0. The summed E-state index contributed by atoms with van der Waals surface area (Å²) in [5.74, 6) is -1.34. The van der Waals surface area contributed by atoms with Crippen LogP contribution in [-0.4, -0.2) is 15.9 Å². The number of unbranched alkanes of at least 4 members (excludes halogenated alkanes) is 1. The third-order valence-electron chi connectivity index (χ3n) is 2.27. The fourth-order valence-electron chi connectivity index (χ4n) is 1.44. The Kier molecular flexibility index (Phi) is 3.39. The van der Waals surface area contributed by atoms with Crippen LogP contribution in [-0.2, 0) is 4.79 Å². The predicted octanol–water partition coefficient (Wildman–Crippen LogP) is 1.79. The zero-order valence-electron chi connectivity index (χ0n) is 7.69. The maximum absolute atomic E-state index is 10.8. The first-order valence-corrected chi connectivity index (χ1v) is 5.34. The highest BCUT2D eigenvalue weighted by atomic mass is 32.2. The van der Waals surface area contributed by atoms with E-state index >= 15 is 0 Å². The van der Waals surface area contributed by atoms with E-state index in [0.29, 0.717) is 0 Å². The van der Waals surface area contributed by atoms with E-state index in [9.17, 15) is 4.79 Å². The van der Waals surface area contributed by atoms with Gasteiger partial charge in [0.15, 0.2) is 0 Å². The topological polar surface area (TPSA) is 63.3 Å². The van der Waals surface area contributed by atoms with Crippen LogP contribution >= 0.6 is 11.8 Å². The maximum Gasteiger partial charge on any atom is 0.313 e. The minimum Gasteiger partial charge on any atom is -0.481 e. The van der Waals surface area contributed by atoms with Crippen LogP contribution in [0.4, 0.5) is 0 Å². The first-order chi connectivity index (χ1) is 6.10. The van der Waals surface area contributed by atoms with E-state index in [2.05, 4.69) is 6.92 Å². The van der Waals surface area contributed by atoms with Crippen LogP contribution in [0.3, 0.4) is 0 Å². The Morgan fingerprint density at radius 2 is 2.46 bits per heavy atom. The van der Waals surface area contributed by atoms with Crippen molar-refractivity contribution in [3.05, 3.63) is 11.5 Å². The molecule has 13 heavy (non-hydrogen) atoms. The quantitative estimate of drug-likeness (QED) is 0.728. The van der Waals surface area contributed by atoms with Crippen molar-refractivity contribution in [1.82, 2.24) is 0 Å². The molecule has 0 radical (unpaired) electrons. The minimum atomic E-state index is -0.820. The van der Waals surface area contributed by atoms with E-state index in [1.54, 1.807) is 11.5 Å². The smallest absolute Gasteiger partial charge is 0.313 e. The lowest BCUT2D eigenvalue weighted by molar-refractivity contribution is -0.141. The molecule has 1 aliphatic heterocycles. The Labute approximate surface area is 82.4 Å². The molecular formula is C9H15NO2S. The second-order valence-electron chi connectivity index (χ2n) is 3.32. The highest BCUT2D eigenvalue weighted by molar-refractivity contribution is 8.03. The normalized spacial score (nSPS) is 32.3. The molecule has 2 atom stereocenters. The summed E-state index contributed by atoms with van der Waals surface area (Å²) in [5.41, 5.74) is 6.01. The van der Waals surface area contributed by atoms with E-state index in [4.69, 9.17) is 10.8 Å². The number of rotatable bonds is 4. The summed E-state index contributed by atoms with van der Waals surface area (Å²) in [5, 5.41) is 10.7. The lowest BCUT2D eigenvalue weighted by atomic mass is 9.95. The van der Waals surface area contributed by atoms with E-state index in [-0.39, 0.29) is 0 Å². The van der Waals surface area contributed by atoms with Crippen molar-refractivity contribution < 1.29 is 9.90 Å². The maximum atomic E-state index is 10.8. The fourth-order valence-corrected chi connectivity index (χ4v) is 2.52. The molecule has 1 heterocycles. The summed E-state index contributed by atoms with van der Waals surface area (Å²) in [7, 11) is 0. The van der Waals surface area contributed by atoms with Gasteiger partial charge in [-0.25, -0.2) is 0 Å². The van der Waals surface area contributed by atoms with Gasteiger partial charge >= 0.3 is 5.97 Å². The minimum absolute atomic E-state index is 0.524. The molecule has 0 aliphatic carbocycles. The number of aliphatic carboxylic acids is 1. The number of nitrogens with two attached hydrogens (primary N) is 1. The summed E-state index contributed by atoms with van der Waals surface area (Å²) in [4.78, 5) is 10.2. The Hall–Kier alpha value is -0.480. The average Bonchev–Trinajstić information content (AvgIpc) is 2.44. The van der Waals surface area contributed by atoms with Gasteiger partial charge in [0.05, 0.1) is 4.87 Å². The number of hydrogen-bond donors (Lipinski definition) is 2. The van der Waals surface area contributed by atoms with Gasteiger partial charge in [-0.2, -0.15) is 0 Å². The van der Waals surface area contributed by atoms with Crippen molar-refractivity contribution in [2.24, 2.45) is 11.7 Å². The van der Waals surface area contributed by atoms with E-state index in [1.165, 1.54) is 11.8 Å². The number of carboxylic acid groups (broad SMARTS) is 1. The molecule has 0 saturated heterocycles. The Morgan fingerprint density at radius 3 is 3.00 bits per heavy atom. The molecule has 3 nitrogen and oxygen atoms in total. The molecule has 0 aromatic rings. The van der Waals surface area contributed by atoms with Crippen molar-refractivity contribution in [3.8, 4) is 0 Å². The molecule has 1 aliphatic rings. The van der Waals surface area contributed by atoms with Crippen molar-refractivity contribution in [3.63, 3.8) is 0 Å². The molecule has 4 heteroatoms. The zero-order chi connectivity index (χ0) is 9.90. The number of carboxylic acids is 1. The van der Waals surface area contributed by atoms with Gasteiger partial charge in [-0.05, 0) is 11.8 Å². The molecule has 0 amide bonds. The van der Waals surface area contributed by atoms with Crippen LogP contribution in [0.1, 0.15) is 26.2 Å². The third-order valence-corrected chi connectivity index (χ3v) is 3.46. The highest BCUT2D eigenvalue weighted by Gasteiger charge is 2.41. The van der Waals surface area contributed by atoms with Gasteiger partial charge in [-0.3, -0.25) is 4.79 Å². The second-order valence-corrected chi connectivity index (χ2v) is 4.59. The summed E-state index contributed by atoms with van der Waals surface area (Å²) in [6.07, 6.45) is 4.47. The van der Waals surface area contributed by atoms with Crippen LogP contribution in [0.5, 0.6) is 0 Å². The fraction of sp³-hybridized carbons (Fsp3) is 0.667. The van der Waals surface area contributed by atoms with Crippen LogP contribution in [0, 0.1) is 5.92 Å². The average molecular weight is 201 g/mol. The Balaban J connectivity index is 2.62. The van der Waals surface area contributed by atoms with Crippen molar-refractivity contribution >= 4 is 17.7 Å². The van der Waals surface area contributed by atoms with Crippen LogP contribution < -0.4 is 5.73 Å². The SMILES string of the molecule is CCCCC1(N)SC=CC1C(=O)O. The van der Waals surface area contributed by atoms with Gasteiger partial charge in [0.1, 0.15) is 5.92 Å². The standard InChI is InChI=1S/C9H15NO2S/c1-2-3-5-9(10)7(8(11)12)4-6-13-9/h4,6-7H,2-3,5,10H2,1H3,(H,11,12). The second kappa shape index (κ2) is 4.15. The molecule has 1 rings (SSSR count). The van der Waals surface area contributed by atoms with Gasteiger partial charge in [-0.1, -0.05) is 25.8 Å². The molecule has 0 aromatic carbocycles. The van der Waals surface area contributed by atoms with Gasteiger partial charge < -0.3 is 10.8 Å². The monoisotopic (exact) mass is 201 g/mol. The molecule has 3 N–H and O–H groups in total. The molecule has 0 fully saturated rings. The number of carbonyl (C=O) groups is 1. The lowest BCUT2D eigenvalue weighted by Crippen LogP contribution is -2.44. The molecule has 0 aromatic heterocycles. The van der Waals surface area contributed by atoms with Crippen LogP contribution in [0.15, 0.2) is 11.5 Å². The zero-order valence-corrected chi connectivity index (χ0v) is 8.51. The van der Waals surface area contributed by atoms with Gasteiger partial charge in [0.2, 0.25) is 0 Å². The van der Waals surface area contributed by atoms with E-state index < -0.39 is 16.8 Å². The Bertz CT molecular complexity index is 230. The van der Waals surface area contributed by atoms with Crippen LogP contribution in [0.25, 0.3) is 0 Å². The third kappa shape index (κ3) is 2.25. The Morgan fingerprint density at radius 1 is 1.77 bits per heavy atom. The van der Waals surface area contributed by atoms with Crippen molar-refractivity contribution in [2.75, 3.05) is 0 Å². The first kappa shape index (κ1) is 10.6. The number of thioether (sulfide) groups is 1. The van der Waals surface area contributed by atoms with Gasteiger partial charge in [0.25, 0.3) is 0 Å². The van der Waals surface area contributed by atoms with E-state index in [0.717, 1.165) is 19.3 Å². The molecule has 0 bridgehead atoms. The molecule has 2 unspecified atom stereocenters. The largest absolute Gasteiger partial charge is 0.481 e. The van der Waals surface area contributed by atoms with Crippen molar-refractivity contribution in [2.45, 2.75) is 31.1 Å². The summed E-state index contributed by atoms with van der Waals surface area (Å²) >= 11 is 1.44. The molecule has 0 spiro atoms.